The fraction of sp³-hybridized carbons (Fsp3) is 0.514. The number of anilines is 2. The van der Waals surface area contributed by atoms with Gasteiger partial charge in [0.1, 0.15) is 17.2 Å². The van der Waals surface area contributed by atoms with Gasteiger partial charge in [-0.05, 0) is 77.3 Å². The molecule has 2 fully saturated rings. The van der Waals surface area contributed by atoms with Gasteiger partial charge in [0.15, 0.2) is 0 Å². The van der Waals surface area contributed by atoms with Crippen LogP contribution in [0.25, 0.3) is 0 Å². The number of likely N-dealkylation sites (tertiary alicyclic amines) is 1. The number of aromatic nitrogens is 2. The van der Waals surface area contributed by atoms with Gasteiger partial charge in [0, 0.05) is 74.9 Å². The zero-order valence-corrected chi connectivity index (χ0v) is 27.9. The quantitative estimate of drug-likeness (QED) is 0.356. The van der Waals surface area contributed by atoms with Crippen molar-refractivity contribution in [3.8, 4) is 0 Å². The predicted octanol–water partition coefficient (Wildman–Crippen LogP) is 6.03. The van der Waals surface area contributed by atoms with Gasteiger partial charge in [0.25, 0.3) is 0 Å². The highest BCUT2D eigenvalue weighted by atomic mass is 19.1. The van der Waals surface area contributed by atoms with Crippen molar-refractivity contribution in [1.29, 1.82) is 0 Å². The third-order valence-electron chi connectivity index (χ3n) is 8.77. The molecule has 5 rings (SSSR count). The molecule has 1 N–H and O–H groups in total. The molecule has 2 saturated heterocycles. The summed E-state index contributed by atoms with van der Waals surface area (Å²) in [6.45, 7) is 17.7. The molecule has 0 bridgehead atoms. The number of nitrogens with zero attached hydrogens (tertiary/aromatic N) is 5. The van der Waals surface area contributed by atoms with E-state index < -0.39 is 29.1 Å². The molecule has 2 amide bonds. The van der Waals surface area contributed by atoms with Crippen molar-refractivity contribution in [2.24, 2.45) is 5.92 Å². The highest BCUT2D eigenvalue weighted by Gasteiger charge is 2.43. The molecule has 0 spiro atoms. The molecule has 0 saturated carbocycles. The van der Waals surface area contributed by atoms with Crippen LogP contribution in [0.5, 0.6) is 0 Å². The molecular formula is C35H46F2N6O3. The number of nitrogens with one attached hydrogen (secondary N) is 1. The summed E-state index contributed by atoms with van der Waals surface area (Å²) in [7, 11) is 0. The zero-order chi connectivity index (χ0) is 33.4. The SMILES string of the molecule is Cc1ccc(Cn2ccnc2NC(=O)[C@@H]2CN(C(C)(C)C)C[C@H]2c2ccc(F)cc2F)c(N2CCN(C(=O)OC(C)(C)C)CC2)c1. The fourth-order valence-electron chi connectivity index (χ4n) is 6.24. The Labute approximate surface area is 270 Å². The van der Waals surface area contributed by atoms with Crippen LogP contribution in [0.1, 0.15) is 64.2 Å². The highest BCUT2D eigenvalue weighted by molar-refractivity contribution is 5.92. The van der Waals surface area contributed by atoms with Crippen molar-refractivity contribution in [1.82, 2.24) is 19.4 Å². The number of hydrogen-bond donors (Lipinski definition) is 1. The van der Waals surface area contributed by atoms with Crippen LogP contribution < -0.4 is 10.2 Å². The van der Waals surface area contributed by atoms with Crippen LogP contribution in [-0.2, 0) is 16.1 Å². The number of halogens is 2. The summed E-state index contributed by atoms with van der Waals surface area (Å²) < 4.78 is 36.2. The molecule has 2 aliphatic heterocycles. The van der Waals surface area contributed by atoms with Crippen LogP contribution >= 0.6 is 0 Å². The van der Waals surface area contributed by atoms with Crippen molar-refractivity contribution >= 4 is 23.6 Å². The van der Waals surface area contributed by atoms with Crippen LogP contribution in [0.3, 0.4) is 0 Å². The maximum Gasteiger partial charge on any atom is 0.410 e. The molecule has 11 heteroatoms. The van der Waals surface area contributed by atoms with Crippen LogP contribution in [0.15, 0.2) is 48.8 Å². The molecule has 1 aromatic heterocycles. The van der Waals surface area contributed by atoms with Gasteiger partial charge in [-0.3, -0.25) is 15.0 Å². The van der Waals surface area contributed by atoms with E-state index >= 15 is 0 Å². The maximum atomic E-state index is 15.0. The van der Waals surface area contributed by atoms with Crippen molar-refractivity contribution < 1.29 is 23.1 Å². The van der Waals surface area contributed by atoms with Gasteiger partial charge in [0.2, 0.25) is 11.9 Å². The lowest BCUT2D eigenvalue weighted by molar-refractivity contribution is -0.120. The molecule has 0 radical (unpaired) electrons. The number of piperazine rings is 1. The van der Waals surface area contributed by atoms with Crippen molar-refractivity contribution in [3.05, 3.63) is 77.1 Å². The molecule has 3 aromatic rings. The normalized spacial score (nSPS) is 19.4. The fourth-order valence-corrected chi connectivity index (χ4v) is 6.24. The van der Waals surface area contributed by atoms with E-state index in [9.17, 15) is 18.4 Å². The summed E-state index contributed by atoms with van der Waals surface area (Å²) in [5.41, 5.74) is 2.80. The first-order chi connectivity index (χ1) is 21.6. The summed E-state index contributed by atoms with van der Waals surface area (Å²) >= 11 is 0. The minimum atomic E-state index is -0.643. The van der Waals surface area contributed by atoms with E-state index in [0.29, 0.717) is 57.3 Å². The number of aryl methyl sites for hydroxylation is 1. The number of hydrogen-bond acceptors (Lipinski definition) is 6. The Bertz CT molecular complexity index is 1570. The molecule has 0 aliphatic carbocycles. The number of amides is 2. The Balaban J connectivity index is 1.32. The number of benzene rings is 2. The summed E-state index contributed by atoms with van der Waals surface area (Å²) in [4.78, 5) is 37.1. The maximum absolute atomic E-state index is 15.0. The minimum Gasteiger partial charge on any atom is -0.444 e. The standard InChI is InChI=1S/C35H46F2N6O3/c1-23-8-9-24(30(18-23)40-14-16-41(17-15-40)33(45)46-35(5,6)7)20-42-13-12-38-32(42)39-31(44)28-22-43(34(2,3)4)21-27(28)26-11-10-25(36)19-29(26)37/h8-13,18-19,27-28H,14-17,20-22H2,1-7H3,(H,38,39,44)/t27-,28+/m0/s1. The van der Waals surface area contributed by atoms with Crippen molar-refractivity contribution in [2.45, 2.75) is 72.1 Å². The van der Waals surface area contributed by atoms with E-state index in [-0.39, 0.29) is 17.5 Å². The number of rotatable bonds is 6. The van der Waals surface area contributed by atoms with Crippen LogP contribution in [0, 0.1) is 24.5 Å². The molecule has 2 aliphatic rings. The largest absolute Gasteiger partial charge is 0.444 e. The van der Waals surface area contributed by atoms with Gasteiger partial charge in [-0.25, -0.2) is 18.6 Å². The smallest absolute Gasteiger partial charge is 0.410 e. The number of carbonyl (C=O) groups excluding carboxylic acids is 2. The average molecular weight is 637 g/mol. The predicted molar refractivity (Wildman–Crippen MR) is 175 cm³/mol. The second kappa shape index (κ2) is 13.0. The van der Waals surface area contributed by atoms with E-state index in [1.54, 1.807) is 11.1 Å². The Kier molecular flexibility index (Phi) is 9.45. The van der Waals surface area contributed by atoms with E-state index in [4.69, 9.17) is 4.74 Å². The lowest BCUT2D eigenvalue weighted by atomic mass is 9.88. The van der Waals surface area contributed by atoms with E-state index in [2.05, 4.69) is 66.0 Å². The average Bonchev–Trinajstić information content (AvgIpc) is 3.61. The first-order valence-electron chi connectivity index (χ1n) is 15.9. The van der Waals surface area contributed by atoms with Gasteiger partial charge < -0.3 is 19.1 Å². The van der Waals surface area contributed by atoms with Gasteiger partial charge in [0.05, 0.1) is 12.5 Å². The van der Waals surface area contributed by atoms with Gasteiger partial charge in [-0.15, -0.1) is 0 Å². The Morgan fingerprint density at radius 3 is 2.35 bits per heavy atom. The molecular weight excluding hydrogens is 590 g/mol. The summed E-state index contributed by atoms with van der Waals surface area (Å²) in [6.07, 6.45) is 3.18. The van der Waals surface area contributed by atoms with Crippen molar-refractivity contribution in [3.63, 3.8) is 0 Å². The third kappa shape index (κ3) is 7.68. The topological polar surface area (TPSA) is 82.9 Å². The van der Waals surface area contributed by atoms with E-state index in [1.165, 1.54) is 12.1 Å². The van der Waals surface area contributed by atoms with Crippen LogP contribution in [0.2, 0.25) is 0 Å². The second-order valence-electron chi connectivity index (χ2n) is 14.4. The first-order valence-corrected chi connectivity index (χ1v) is 15.9. The number of imidazole rings is 1. The first kappa shape index (κ1) is 33.4. The molecule has 0 unspecified atom stereocenters. The number of carbonyl (C=O) groups is 2. The summed E-state index contributed by atoms with van der Waals surface area (Å²) in [5, 5.41) is 3.02. The summed E-state index contributed by atoms with van der Waals surface area (Å²) in [5.74, 6) is -2.13. The van der Waals surface area contributed by atoms with Crippen LogP contribution in [-0.4, -0.2) is 81.8 Å². The lowest BCUT2D eigenvalue weighted by Crippen LogP contribution is -2.50. The van der Waals surface area contributed by atoms with Gasteiger partial charge in [-0.2, -0.15) is 0 Å². The highest BCUT2D eigenvalue weighted by Crippen LogP contribution is 2.38. The minimum absolute atomic E-state index is 0.234. The van der Waals surface area contributed by atoms with E-state index in [1.807, 2.05) is 31.5 Å². The molecule has 2 atom stereocenters. The lowest BCUT2D eigenvalue weighted by Gasteiger charge is -2.37. The molecule has 3 heterocycles. The zero-order valence-electron chi connectivity index (χ0n) is 27.9. The monoisotopic (exact) mass is 636 g/mol. The Morgan fingerprint density at radius 1 is 0.978 bits per heavy atom. The molecule has 248 valence electrons. The molecule has 9 nitrogen and oxygen atoms in total. The van der Waals surface area contributed by atoms with Crippen LogP contribution in [0.4, 0.5) is 25.2 Å². The van der Waals surface area contributed by atoms with E-state index in [0.717, 1.165) is 22.9 Å². The van der Waals surface area contributed by atoms with Crippen molar-refractivity contribution in [2.75, 3.05) is 49.5 Å². The second-order valence-corrected chi connectivity index (χ2v) is 14.4. The Hall–Kier alpha value is -3.99. The van der Waals surface area contributed by atoms with Gasteiger partial charge >= 0.3 is 6.09 Å². The number of ether oxygens (including phenoxy) is 1. The Morgan fingerprint density at radius 2 is 1.70 bits per heavy atom. The third-order valence-corrected chi connectivity index (χ3v) is 8.77. The molecule has 2 aromatic carbocycles. The molecule has 46 heavy (non-hydrogen) atoms. The summed E-state index contributed by atoms with van der Waals surface area (Å²) in [6, 6.07) is 9.88. The van der Waals surface area contributed by atoms with Gasteiger partial charge in [-0.1, -0.05) is 18.2 Å².